The van der Waals surface area contributed by atoms with E-state index in [0.29, 0.717) is 27.5 Å². The summed E-state index contributed by atoms with van der Waals surface area (Å²) in [7, 11) is 0. The predicted molar refractivity (Wildman–Crippen MR) is 69.6 cm³/mol. The molecule has 1 fully saturated rings. The third-order valence-corrected chi connectivity index (χ3v) is 4.33. The van der Waals surface area contributed by atoms with Crippen LogP contribution in [0.2, 0.25) is 0 Å². The number of hydrogen-bond acceptors (Lipinski definition) is 4. The first-order chi connectivity index (χ1) is 9.08. The highest BCUT2D eigenvalue weighted by molar-refractivity contribution is 9.10. The highest BCUT2D eigenvalue weighted by Crippen LogP contribution is 2.53. The quantitative estimate of drug-likeness (QED) is 0.888. The molecule has 0 aromatic heterocycles. The molecule has 6 heteroatoms. The molecule has 1 atom stereocenters. The van der Waals surface area contributed by atoms with Gasteiger partial charge in [0, 0.05) is 11.5 Å². The Balaban J connectivity index is 2.03. The van der Waals surface area contributed by atoms with Crippen molar-refractivity contribution in [2.24, 2.45) is 5.92 Å². The Morgan fingerprint density at radius 3 is 2.84 bits per heavy atom. The third kappa shape index (κ3) is 2.25. The van der Waals surface area contributed by atoms with Crippen LogP contribution < -0.4 is 9.47 Å². The monoisotopic (exact) mass is 328 g/mol. The van der Waals surface area contributed by atoms with E-state index in [9.17, 15) is 9.90 Å². The molecule has 0 amide bonds. The van der Waals surface area contributed by atoms with Crippen LogP contribution >= 0.6 is 15.9 Å². The molecule has 1 aromatic carbocycles. The molecule has 3 rings (SSSR count). The minimum Gasteiger partial charge on any atom is -0.506 e. The Kier molecular flexibility index (Phi) is 3.05. The first-order valence-corrected chi connectivity index (χ1v) is 6.90. The van der Waals surface area contributed by atoms with Gasteiger partial charge in [-0.05, 0) is 40.8 Å². The maximum Gasteiger partial charge on any atom is 0.303 e. The largest absolute Gasteiger partial charge is 0.506 e. The number of aromatic hydroxyl groups is 1. The molecular formula is C13H13BrO5. The van der Waals surface area contributed by atoms with Crippen molar-refractivity contribution in [2.45, 2.75) is 25.2 Å². The normalized spacial score (nSPS) is 18.4. The second-order valence-electron chi connectivity index (χ2n) is 4.90. The lowest BCUT2D eigenvalue weighted by Gasteiger charge is -2.17. The van der Waals surface area contributed by atoms with Gasteiger partial charge in [-0.3, -0.25) is 4.79 Å². The van der Waals surface area contributed by atoms with Crippen LogP contribution in [0.25, 0.3) is 0 Å². The second kappa shape index (κ2) is 4.59. The van der Waals surface area contributed by atoms with Crippen molar-refractivity contribution in [1.29, 1.82) is 0 Å². The number of carboxylic acids is 1. The first-order valence-electron chi connectivity index (χ1n) is 6.10. The lowest BCUT2D eigenvalue weighted by atomic mass is 9.90. The number of ether oxygens (including phenoxy) is 2. The molecule has 102 valence electrons. The van der Waals surface area contributed by atoms with E-state index in [1.165, 1.54) is 0 Å². The molecular weight excluding hydrogens is 316 g/mol. The van der Waals surface area contributed by atoms with Gasteiger partial charge in [0.15, 0.2) is 11.5 Å². The molecule has 1 saturated carbocycles. The molecule has 1 heterocycles. The number of phenols is 1. The van der Waals surface area contributed by atoms with Crippen molar-refractivity contribution in [1.82, 2.24) is 0 Å². The van der Waals surface area contributed by atoms with Gasteiger partial charge in [-0.15, -0.1) is 0 Å². The zero-order chi connectivity index (χ0) is 13.6. The number of carboxylic acid groups (broad SMARTS) is 1. The lowest BCUT2D eigenvalue weighted by molar-refractivity contribution is -0.137. The average Bonchev–Trinajstić information content (AvgIpc) is 3.09. The van der Waals surface area contributed by atoms with Gasteiger partial charge in [-0.2, -0.15) is 0 Å². The molecule has 0 bridgehead atoms. The molecule has 1 aliphatic heterocycles. The number of carbonyl (C=O) groups is 1. The Morgan fingerprint density at radius 1 is 1.47 bits per heavy atom. The molecule has 1 aromatic rings. The van der Waals surface area contributed by atoms with Gasteiger partial charge in [-0.1, -0.05) is 0 Å². The Hall–Kier alpha value is -1.43. The Morgan fingerprint density at radius 2 is 2.21 bits per heavy atom. The van der Waals surface area contributed by atoms with Crippen LogP contribution in [0.1, 0.15) is 30.7 Å². The Labute approximate surface area is 118 Å². The molecule has 5 nitrogen and oxygen atoms in total. The van der Waals surface area contributed by atoms with E-state index in [1.807, 2.05) is 0 Å². The number of fused-ring (bicyclic) bond motifs is 1. The van der Waals surface area contributed by atoms with E-state index in [-0.39, 0.29) is 24.9 Å². The molecule has 19 heavy (non-hydrogen) atoms. The number of halogens is 1. The highest BCUT2D eigenvalue weighted by Gasteiger charge is 2.37. The predicted octanol–water partition coefficient (Wildman–Crippen LogP) is 2.85. The molecule has 2 aliphatic rings. The summed E-state index contributed by atoms with van der Waals surface area (Å²) in [6, 6.07) is 1.70. The zero-order valence-corrected chi connectivity index (χ0v) is 11.6. The molecule has 0 saturated heterocycles. The number of rotatable bonds is 4. The molecule has 1 aliphatic carbocycles. The maximum absolute atomic E-state index is 11.0. The van der Waals surface area contributed by atoms with Crippen LogP contribution in [0.4, 0.5) is 0 Å². The van der Waals surface area contributed by atoms with Crippen molar-refractivity contribution in [3.05, 3.63) is 16.1 Å². The summed E-state index contributed by atoms with van der Waals surface area (Å²) in [5, 5.41) is 19.3. The van der Waals surface area contributed by atoms with Gasteiger partial charge in [0.1, 0.15) is 10.2 Å². The topological polar surface area (TPSA) is 76.0 Å². The SMILES string of the molecule is O=C(O)CC(c1cc2c(c(Br)c1O)OCO2)C1CC1. The van der Waals surface area contributed by atoms with Gasteiger partial charge in [0.2, 0.25) is 6.79 Å². The summed E-state index contributed by atoms with van der Waals surface area (Å²) in [4.78, 5) is 11.0. The average molecular weight is 329 g/mol. The van der Waals surface area contributed by atoms with Gasteiger partial charge in [-0.25, -0.2) is 0 Å². The van der Waals surface area contributed by atoms with Crippen LogP contribution in [0.3, 0.4) is 0 Å². The van der Waals surface area contributed by atoms with Gasteiger partial charge in [0.25, 0.3) is 0 Å². The van der Waals surface area contributed by atoms with Crippen LogP contribution in [-0.2, 0) is 4.79 Å². The van der Waals surface area contributed by atoms with Crippen molar-refractivity contribution >= 4 is 21.9 Å². The highest BCUT2D eigenvalue weighted by atomic mass is 79.9. The second-order valence-corrected chi connectivity index (χ2v) is 5.70. The van der Waals surface area contributed by atoms with Crippen molar-refractivity contribution < 1.29 is 24.5 Å². The smallest absolute Gasteiger partial charge is 0.303 e. The van der Waals surface area contributed by atoms with Crippen molar-refractivity contribution in [3.63, 3.8) is 0 Å². The number of aliphatic carboxylic acids is 1. The standard InChI is InChI=1S/C13H13BrO5/c14-11-12(17)8(3-9-13(11)19-5-18-9)7(4-10(15)16)6-1-2-6/h3,6-7,17H,1-2,4-5H2,(H,15,16). The zero-order valence-electron chi connectivity index (χ0n) is 10.1. The van der Waals surface area contributed by atoms with Crippen LogP contribution in [0, 0.1) is 5.92 Å². The maximum atomic E-state index is 11.0. The minimum atomic E-state index is -0.856. The third-order valence-electron chi connectivity index (χ3n) is 3.59. The summed E-state index contributed by atoms with van der Waals surface area (Å²) >= 11 is 3.28. The molecule has 0 spiro atoms. The summed E-state index contributed by atoms with van der Waals surface area (Å²) in [6.07, 6.45) is 2.03. The number of phenolic OH excluding ortho intramolecular Hbond substituents is 1. The van der Waals surface area contributed by atoms with Crippen LogP contribution in [0.15, 0.2) is 10.5 Å². The fraction of sp³-hybridized carbons (Fsp3) is 0.462. The fourth-order valence-electron chi connectivity index (χ4n) is 2.51. The summed E-state index contributed by atoms with van der Waals surface area (Å²) in [6.45, 7) is 0.115. The Bertz CT molecular complexity index is 538. The van der Waals surface area contributed by atoms with Crippen molar-refractivity contribution in [3.8, 4) is 17.2 Å². The summed E-state index contributed by atoms with van der Waals surface area (Å²) in [5.74, 6) is 0.381. The number of hydrogen-bond donors (Lipinski definition) is 2. The van der Waals surface area contributed by atoms with E-state index in [4.69, 9.17) is 14.6 Å². The van der Waals surface area contributed by atoms with E-state index >= 15 is 0 Å². The first kappa shape index (κ1) is 12.6. The van der Waals surface area contributed by atoms with E-state index in [1.54, 1.807) is 6.07 Å². The van der Waals surface area contributed by atoms with Crippen LogP contribution in [-0.4, -0.2) is 23.0 Å². The van der Waals surface area contributed by atoms with Crippen molar-refractivity contribution in [2.75, 3.05) is 6.79 Å². The van der Waals surface area contributed by atoms with Crippen LogP contribution in [0.5, 0.6) is 17.2 Å². The summed E-state index contributed by atoms with van der Waals surface area (Å²) in [5.41, 5.74) is 0.626. The van der Waals surface area contributed by atoms with Gasteiger partial charge in [0.05, 0.1) is 6.42 Å². The van der Waals surface area contributed by atoms with Gasteiger partial charge < -0.3 is 19.7 Å². The molecule has 1 unspecified atom stereocenters. The lowest BCUT2D eigenvalue weighted by Crippen LogP contribution is -2.09. The minimum absolute atomic E-state index is 0.0182. The molecule has 2 N–H and O–H groups in total. The summed E-state index contributed by atoms with van der Waals surface area (Å²) < 4.78 is 11.0. The van der Waals surface area contributed by atoms with Gasteiger partial charge >= 0.3 is 5.97 Å². The van der Waals surface area contributed by atoms with E-state index in [2.05, 4.69) is 15.9 Å². The molecule has 0 radical (unpaired) electrons. The van der Waals surface area contributed by atoms with E-state index < -0.39 is 5.97 Å². The number of benzene rings is 1. The van der Waals surface area contributed by atoms with E-state index in [0.717, 1.165) is 12.8 Å². The fourth-order valence-corrected chi connectivity index (χ4v) is 3.05.